The van der Waals surface area contributed by atoms with Crippen molar-refractivity contribution in [3.8, 4) is 0 Å². The third-order valence-electron chi connectivity index (χ3n) is 6.59. The van der Waals surface area contributed by atoms with Crippen LogP contribution in [0.15, 0.2) is 42.7 Å². The van der Waals surface area contributed by atoms with Gasteiger partial charge in [-0.05, 0) is 37.1 Å². The quantitative estimate of drug-likeness (QED) is 0.769. The Morgan fingerprint density at radius 3 is 2.67 bits per heavy atom. The molecule has 0 radical (unpaired) electrons. The van der Waals surface area contributed by atoms with Crippen LogP contribution in [0.4, 0.5) is 16.4 Å². The predicted molar refractivity (Wildman–Crippen MR) is 113 cm³/mol. The van der Waals surface area contributed by atoms with Gasteiger partial charge in [0.2, 0.25) is 11.9 Å². The van der Waals surface area contributed by atoms with E-state index in [0.29, 0.717) is 36.3 Å². The first kappa shape index (κ1) is 19.1. The van der Waals surface area contributed by atoms with Crippen LogP contribution in [-0.4, -0.2) is 58.5 Å². The van der Waals surface area contributed by atoms with Crippen LogP contribution in [0.25, 0.3) is 0 Å². The molecule has 1 spiro atoms. The number of halogens is 1. The molecule has 1 aromatic heterocycles. The van der Waals surface area contributed by atoms with Crippen molar-refractivity contribution in [2.24, 2.45) is 11.8 Å². The average molecular weight is 427 g/mol. The maximum atomic E-state index is 12.7. The number of hydrogen-bond donors (Lipinski definition) is 2. The minimum Gasteiger partial charge on any atom is -0.350 e. The lowest BCUT2D eigenvalue weighted by Gasteiger charge is -2.42. The summed E-state index contributed by atoms with van der Waals surface area (Å²) >= 11 is 6.00. The van der Waals surface area contributed by atoms with Crippen molar-refractivity contribution in [1.82, 2.24) is 20.2 Å². The van der Waals surface area contributed by atoms with Crippen molar-refractivity contribution in [2.75, 3.05) is 36.4 Å². The molecule has 9 heteroatoms. The number of likely N-dealkylation sites (tertiary alicyclic amines) is 1. The zero-order valence-electron chi connectivity index (χ0n) is 16.4. The topological polar surface area (TPSA) is 90.5 Å². The Morgan fingerprint density at radius 1 is 1.17 bits per heavy atom. The third-order valence-corrected chi connectivity index (χ3v) is 6.83. The number of benzene rings is 1. The summed E-state index contributed by atoms with van der Waals surface area (Å²) in [6.07, 6.45) is 4.94. The van der Waals surface area contributed by atoms with E-state index in [4.69, 9.17) is 11.6 Å². The van der Waals surface area contributed by atoms with Crippen LogP contribution in [0.1, 0.15) is 12.8 Å². The molecule has 2 atom stereocenters. The van der Waals surface area contributed by atoms with E-state index in [-0.39, 0.29) is 29.3 Å². The number of hydrogen-bond acceptors (Lipinski definition) is 5. The largest absolute Gasteiger partial charge is 0.350 e. The van der Waals surface area contributed by atoms with E-state index in [1.807, 2.05) is 6.07 Å². The van der Waals surface area contributed by atoms with Gasteiger partial charge in [-0.3, -0.25) is 4.79 Å². The normalized spacial score (nSPS) is 24.6. The average Bonchev–Trinajstić information content (AvgIpc) is 3.30. The number of carbonyl (C=O) groups excluding carboxylic acids is 2. The summed E-state index contributed by atoms with van der Waals surface area (Å²) in [5, 5.41) is 6.76. The third kappa shape index (κ3) is 3.35. The zero-order chi connectivity index (χ0) is 20.7. The van der Waals surface area contributed by atoms with E-state index in [1.54, 1.807) is 41.6 Å². The van der Waals surface area contributed by atoms with Crippen molar-refractivity contribution >= 4 is 35.2 Å². The number of fused-ring (bicyclic) bond motifs is 2. The maximum absolute atomic E-state index is 12.7. The molecule has 4 heterocycles. The van der Waals surface area contributed by atoms with Gasteiger partial charge < -0.3 is 20.4 Å². The van der Waals surface area contributed by atoms with Crippen LogP contribution in [0, 0.1) is 11.8 Å². The number of anilines is 2. The summed E-state index contributed by atoms with van der Waals surface area (Å²) in [4.78, 5) is 38.0. The predicted octanol–water partition coefficient (Wildman–Crippen LogP) is 2.38. The first-order valence-corrected chi connectivity index (χ1v) is 10.6. The SMILES string of the molecule is O=C1NC2(CCN(C(=O)Nc3cccc(Cl)c3)CC2)[C@H]2CN(c3ncccn3)C[C@@H]12. The fourth-order valence-electron chi connectivity index (χ4n) is 5.05. The number of aromatic nitrogens is 2. The van der Waals surface area contributed by atoms with Crippen LogP contribution in [-0.2, 0) is 4.79 Å². The number of carbonyl (C=O) groups is 2. The smallest absolute Gasteiger partial charge is 0.321 e. The molecule has 3 aliphatic rings. The fraction of sp³-hybridized carbons (Fsp3) is 0.429. The Hall–Kier alpha value is -2.87. The van der Waals surface area contributed by atoms with Crippen LogP contribution in [0.2, 0.25) is 5.02 Å². The van der Waals surface area contributed by atoms with Crippen LogP contribution >= 0.6 is 11.6 Å². The molecule has 3 amide bonds. The molecule has 0 saturated carbocycles. The van der Waals surface area contributed by atoms with Gasteiger partial charge in [0.25, 0.3) is 0 Å². The van der Waals surface area contributed by atoms with Crippen LogP contribution in [0.5, 0.6) is 0 Å². The van der Waals surface area contributed by atoms with Crippen molar-refractivity contribution in [3.63, 3.8) is 0 Å². The standard InChI is InChI=1S/C21H23ClN6O2/c22-14-3-1-4-15(11-14)25-20(30)27-9-5-21(6-10-27)17-13-28(12-16(17)18(29)26-21)19-23-7-2-8-24-19/h1-4,7-8,11,16-17H,5-6,9-10,12-13H2,(H,25,30)(H,26,29)/t16-,17+/m1/s1. The number of amides is 3. The Bertz CT molecular complexity index is 963. The molecule has 3 aliphatic heterocycles. The highest BCUT2D eigenvalue weighted by Crippen LogP contribution is 2.44. The van der Waals surface area contributed by atoms with Crippen LogP contribution < -0.4 is 15.5 Å². The lowest BCUT2D eigenvalue weighted by molar-refractivity contribution is -0.122. The van der Waals surface area contributed by atoms with E-state index in [2.05, 4.69) is 25.5 Å². The lowest BCUT2D eigenvalue weighted by Crippen LogP contribution is -2.56. The second-order valence-corrected chi connectivity index (χ2v) is 8.68. The van der Waals surface area contributed by atoms with Gasteiger partial charge in [0.1, 0.15) is 0 Å². The molecule has 0 bridgehead atoms. The highest BCUT2D eigenvalue weighted by molar-refractivity contribution is 6.30. The minimum absolute atomic E-state index is 0.0550. The molecule has 2 N–H and O–H groups in total. The van der Waals surface area contributed by atoms with Gasteiger partial charge in [-0.15, -0.1) is 0 Å². The van der Waals surface area contributed by atoms with Gasteiger partial charge in [-0.1, -0.05) is 17.7 Å². The van der Waals surface area contributed by atoms with Gasteiger partial charge in [0, 0.05) is 60.7 Å². The molecular formula is C21H23ClN6O2. The first-order valence-electron chi connectivity index (χ1n) is 10.2. The zero-order valence-corrected chi connectivity index (χ0v) is 17.2. The summed E-state index contributed by atoms with van der Waals surface area (Å²) in [5.74, 6) is 0.927. The molecule has 156 valence electrons. The Kier molecular flexibility index (Phi) is 4.73. The van der Waals surface area contributed by atoms with Gasteiger partial charge in [-0.2, -0.15) is 0 Å². The summed E-state index contributed by atoms with van der Waals surface area (Å²) in [5.41, 5.74) is 0.411. The van der Waals surface area contributed by atoms with E-state index >= 15 is 0 Å². The summed E-state index contributed by atoms with van der Waals surface area (Å²) in [6.45, 7) is 2.58. The maximum Gasteiger partial charge on any atom is 0.321 e. The molecule has 0 unspecified atom stereocenters. The van der Waals surface area contributed by atoms with Crippen molar-refractivity contribution in [2.45, 2.75) is 18.4 Å². The molecule has 1 aromatic carbocycles. The summed E-state index contributed by atoms with van der Waals surface area (Å²) in [7, 11) is 0. The van der Waals surface area contributed by atoms with E-state index < -0.39 is 0 Å². The van der Waals surface area contributed by atoms with Crippen molar-refractivity contribution in [3.05, 3.63) is 47.7 Å². The van der Waals surface area contributed by atoms with Crippen molar-refractivity contribution < 1.29 is 9.59 Å². The van der Waals surface area contributed by atoms with Gasteiger partial charge >= 0.3 is 6.03 Å². The van der Waals surface area contributed by atoms with Crippen molar-refractivity contribution in [1.29, 1.82) is 0 Å². The van der Waals surface area contributed by atoms with Gasteiger partial charge in [0.05, 0.1) is 5.92 Å². The molecular weight excluding hydrogens is 404 g/mol. The number of nitrogens with zero attached hydrogens (tertiary/aromatic N) is 4. The van der Waals surface area contributed by atoms with Gasteiger partial charge in [0.15, 0.2) is 0 Å². The minimum atomic E-state index is -0.266. The highest BCUT2D eigenvalue weighted by atomic mass is 35.5. The molecule has 5 rings (SSSR count). The second-order valence-electron chi connectivity index (χ2n) is 8.24. The summed E-state index contributed by atoms with van der Waals surface area (Å²) in [6, 6.07) is 8.77. The summed E-state index contributed by atoms with van der Waals surface area (Å²) < 4.78 is 0. The molecule has 30 heavy (non-hydrogen) atoms. The number of piperidine rings is 1. The fourth-order valence-corrected chi connectivity index (χ4v) is 5.24. The Morgan fingerprint density at radius 2 is 1.93 bits per heavy atom. The lowest BCUT2D eigenvalue weighted by atomic mass is 9.75. The van der Waals surface area contributed by atoms with Gasteiger partial charge in [-0.25, -0.2) is 14.8 Å². The molecule has 8 nitrogen and oxygen atoms in total. The monoisotopic (exact) mass is 426 g/mol. The molecule has 3 saturated heterocycles. The Balaban J connectivity index is 1.25. The molecule has 3 fully saturated rings. The van der Waals surface area contributed by atoms with Crippen LogP contribution in [0.3, 0.4) is 0 Å². The number of nitrogens with one attached hydrogen (secondary N) is 2. The second kappa shape index (κ2) is 7.43. The van der Waals surface area contributed by atoms with E-state index in [9.17, 15) is 9.59 Å². The molecule has 2 aromatic rings. The Labute approximate surface area is 179 Å². The molecule has 0 aliphatic carbocycles. The first-order chi connectivity index (χ1) is 14.5. The number of rotatable bonds is 2. The van der Waals surface area contributed by atoms with E-state index in [1.165, 1.54) is 0 Å². The number of urea groups is 1. The van der Waals surface area contributed by atoms with E-state index in [0.717, 1.165) is 19.4 Å². The highest BCUT2D eigenvalue weighted by Gasteiger charge is 2.57.